The van der Waals surface area contributed by atoms with Gasteiger partial charge in [-0.05, 0) is 61.2 Å². The van der Waals surface area contributed by atoms with Gasteiger partial charge in [0.05, 0.1) is 19.9 Å². The van der Waals surface area contributed by atoms with Gasteiger partial charge < -0.3 is 24.3 Å². The van der Waals surface area contributed by atoms with Crippen molar-refractivity contribution < 1.29 is 18.7 Å². The molecule has 1 aliphatic heterocycles. The number of hydrogen-bond donors (Lipinski definition) is 1. The van der Waals surface area contributed by atoms with Crippen LogP contribution >= 0.6 is 0 Å². The summed E-state index contributed by atoms with van der Waals surface area (Å²) < 4.78 is 10.8. The Morgan fingerprint density at radius 1 is 1.03 bits per heavy atom. The zero-order chi connectivity index (χ0) is 25.4. The first-order valence-corrected chi connectivity index (χ1v) is 12.6. The van der Waals surface area contributed by atoms with E-state index < -0.39 is 5.54 Å². The molecule has 0 bridgehead atoms. The largest absolute Gasteiger partial charge is 0.497 e. The van der Waals surface area contributed by atoms with E-state index in [1.807, 2.05) is 43.3 Å². The van der Waals surface area contributed by atoms with Crippen LogP contribution in [0.1, 0.15) is 37.5 Å². The number of nitrogens with one attached hydrogen (secondary N) is 1. The second-order valence-corrected chi connectivity index (χ2v) is 9.20. The molecule has 0 saturated carbocycles. The van der Waals surface area contributed by atoms with Crippen molar-refractivity contribution in [1.29, 1.82) is 0 Å². The number of carbonyl (C=O) groups excluding carboxylic acids is 2. The van der Waals surface area contributed by atoms with Gasteiger partial charge in [0, 0.05) is 31.7 Å². The first kappa shape index (κ1) is 25.5. The monoisotopic (exact) mass is 489 g/mol. The third kappa shape index (κ3) is 5.97. The molecule has 0 aliphatic carbocycles. The van der Waals surface area contributed by atoms with E-state index in [1.54, 1.807) is 24.3 Å². The number of likely N-dealkylation sites (tertiary alicyclic amines) is 1. The molecule has 1 aliphatic rings. The number of furan rings is 1. The highest BCUT2D eigenvalue weighted by molar-refractivity contribution is 6.00. The number of nitrogens with zero attached hydrogens (tertiary/aromatic N) is 2. The molecular weight excluding hydrogens is 454 g/mol. The predicted molar refractivity (Wildman–Crippen MR) is 140 cm³/mol. The van der Waals surface area contributed by atoms with Crippen LogP contribution in [0.5, 0.6) is 5.75 Å². The number of amides is 2. The molecule has 1 aromatic heterocycles. The first-order valence-electron chi connectivity index (χ1n) is 12.6. The number of hydrogen-bond acceptors (Lipinski definition) is 5. The van der Waals surface area contributed by atoms with Crippen LogP contribution in [-0.4, -0.2) is 53.9 Å². The summed E-state index contributed by atoms with van der Waals surface area (Å²) >= 11 is 0. The molecule has 1 N–H and O–H groups in total. The fourth-order valence-electron chi connectivity index (χ4n) is 4.85. The third-order valence-corrected chi connectivity index (χ3v) is 7.03. The molecule has 2 heterocycles. The summed E-state index contributed by atoms with van der Waals surface area (Å²) in [7, 11) is 1.61. The van der Waals surface area contributed by atoms with Crippen LogP contribution < -0.4 is 10.1 Å². The van der Waals surface area contributed by atoms with E-state index >= 15 is 0 Å². The lowest BCUT2D eigenvalue weighted by atomic mass is 9.83. The molecule has 0 spiro atoms. The van der Waals surface area contributed by atoms with Gasteiger partial charge in [-0.15, -0.1) is 0 Å². The molecule has 0 unspecified atom stereocenters. The summed E-state index contributed by atoms with van der Waals surface area (Å²) in [6.45, 7) is 4.48. The minimum Gasteiger partial charge on any atom is -0.497 e. The van der Waals surface area contributed by atoms with Gasteiger partial charge in [0.25, 0.3) is 0 Å². The molecule has 36 heavy (non-hydrogen) atoms. The summed E-state index contributed by atoms with van der Waals surface area (Å²) in [4.78, 5) is 31.3. The molecule has 3 aromatic rings. The topological polar surface area (TPSA) is 75.0 Å². The summed E-state index contributed by atoms with van der Waals surface area (Å²) in [5.41, 5.74) is 1.00. The van der Waals surface area contributed by atoms with E-state index in [9.17, 15) is 9.59 Å². The van der Waals surface area contributed by atoms with Gasteiger partial charge in [-0.1, -0.05) is 37.3 Å². The Labute approximate surface area is 213 Å². The van der Waals surface area contributed by atoms with Crippen LogP contribution in [0.3, 0.4) is 0 Å². The van der Waals surface area contributed by atoms with E-state index in [1.165, 1.54) is 5.56 Å². The second kappa shape index (κ2) is 11.9. The van der Waals surface area contributed by atoms with E-state index in [-0.39, 0.29) is 18.4 Å². The van der Waals surface area contributed by atoms with E-state index in [0.29, 0.717) is 30.7 Å². The molecule has 0 atom stereocenters. The molecule has 7 heteroatoms. The Morgan fingerprint density at radius 2 is 1.75 bits per heavy atom. The van der Waals surface area contributed by atoms with Crippen molar-refractivity contribution in [2.45, 2.75) is 44.7 Å². The summed E-state index contributed by atoms with van der Waals surface area (Å²) in [5, 5.41) is 3.08. The number of carbonyl (C=O) groups is 2. The van der Waals surface area contributed by atoms with Gasteiger partial charge in [-0.2, -0.15) is 0 Å². The van der Waals surface area contributed by atoms with Crippen LogP contribution in [0, 0.1) is 0 Å². The summed E-state index contributed by atoms with van der Waals surface area (Å²) in [6.07, 6.45) is 3.97. The number of ether oxygens (including phenoxy) is 1. The van der Waals surface area contributed by atoms with Crippen LogP contribution in [-0.2, 0) is 22.6 Å². The molecule has 1 saturated heterocycles. The van der Waals surface area contributed by atoms with Gasteiger partial charge in [0.15, 0.2) is 0 Å². The van der Waals surface area contributed by atoms with E-state index in [4.69, 9.17) is 9.15 Å². The fourth-order valence-corrected chi connectivity index (χ4v) is 4.85. The second-order valence-electron chi connectivity index (χ2n) is 9.20. The average Bonchev–Trinajstić information content (AvgIpc) is 3.45. The van der Waals surface area contributed by atoms with Crippen LogP contribution in [0.2, 0.25) is 0 Å². The van der Waals surface area contributed by atoms with Crippen LogP contribution in [0.15, 0.2) is 77.4 Å². The Bertz CT molecular complexity index is 1110. The average molecular weight is 490 g/mol. The minimum absolute atomic E-state index is 0.0611. The number of rotatable bonds is 10. The Hall–Kier alpha value is -3.58. The Balaban J connectivity index is 1.55. The van der Waals surface area contributed by atoms with Crippen LogP contribution in [0.25, 0.3) is 0 Å². The van der Waals surface area contributed by atoms with Gasteiger partial charge >= 0.3 is 0 Å². The van der Waals surface area contributed by atoms with Crippen molar-refractivity contribution in [3.05, 3.63) is 84.3 Å². The maximum Gasteiger partial charge on any atom is 0.250 e. The van der Waals surface area contributed by atoms with Gasteiger partial charge in [-0.3, -0.25) is 9.59 Å². The quantitative estimate of drug-likeness (QED) is 0.445. The summed E-state index contributed by atoms with van der Waals surface area (Å²) in [5.74, 6) is 1.16. The third-order valence-electron chi connectivity index (χ3n) is 7.03. The van der Waals surface area contributed by atoms with Gasteiger partial charge in [0.1, 0.15) is 17.0 Å². The lowest BCUT2D eigenvalue weighted by molar-refractivity contribution is -0.150. The van der Waals surface area contributed by atoms with Crippen molar-refractivity contribution in [2.24, 2.45) is 0 Å². The fraction of sp³-hybridized carbons (Fsp3) is 0.379. The molecule has 2 amide bonds. The molecule has 7 nitrogen and oxygen atoms in total. The van der Waals surface area contributed by atoms with Crippen molar-refractivity contribution >= 4 is 17.5 Å². The zero-order valence-corrected chi connectivity index (χ0v) is 21.1. The predicted octanol–water partition coefficient (Wildman–Crippen LogP) is 4.74. The summed E-state index contributed by atoms with van der Waals surface area (Å²) in [6, 6.07) is 21.3. The molecule has 190 valence electrons. The Kier molecular flexibility index (Phi) is 8.44. The van der Waals surface area contributed by atoms with Gasteiger partial charge in [0.2, 0.25) is 11.8 Å². The van der Waals surface area contributed by atoms with Crippen LogP contribution in [0.4, 0.5) is 5.69 Å². The normalized spacial score (nSPS) is 15.3. The number of piperidine rings is 1. The highest BCUT2D eigenvalue weighted by Gasteiger charge is 2.48. The van der Waals surface area contributed by atoms with Crippen molar-refractivity contribution in [3.63, 3.8) is 0 Å². The lowest BCUT2D eigenvalue weighted by Crippen LogP contribution is -2.63. The van der Waals surface area contributed by atoms with Crippen molar-refractivity contribution in [2.75, 3.05) is 32.1 Å². The van der Waals surface area contributed by atoms with Crippen molar-refractivity contribution in [3.8, 4) is 5.75 Å². The molecule has 0 radical (unpaired) electrons. The highest BCUT2D eigenvalue weighted by atomic mass is 16.5. The van der Waals surface area contributed by atoms with Crippen molar-refractivity contribution in [1.82, 2.24) is 9.80 Å². The standard InChI is InChI=1S/C29H35N3O4/c1-3-27(33)32(22-26-10-7-21-36-26)29(28(34)30-24-11-13-25(35-2)14-12-24)16-19-31(20-17-29)18-15-23-8-5-4-6-9-23/h4-14,21H,3,15-20,22H2,1-2H3,(H,30,34). The number of anilines is 1. The SMILES string of the molecule is CCC(=O)N(Cc1ccco1)C1(C(=O)Nc2ccc(OC)cc2)CCN(CCc2ccccc2)CC1. The first-order chi connectivity index (χ1) is 17.5. The van der Waals surface area contributed by atoms with E-state index in [2.05, 4.69) is 34.5 Å². The van der Waals surface area contributed by atoms with Gasteiger partial charge in [-0.25, -0.2) is 0 Å². The number of methoxy groups -OCH3 is 1. The molecule has 1 fully saturated rings. The lowest BCUT2D eigenvalue weighted by Gasteiger charge is -2.47. The maximum atomic E-state index is 13.9. The highest BCUT2D eigenvalue weighted by Crippen LogP contribution is 2.33. The van der Waals surface area contributed by atoms with E-state index in [0.717, 1.165) is 31.8 Å². The Morgan fingerprint density at radius 3 is 2.36 bits per heavy atom. The smallest absolute Gasteiger partial charge is 0.250 e. The minimum atomic E-state index is -0.969. The molecule has 2 aromatic carbocycles. The molecular formula is C29H35N3O4. The zero-order valence-electron chi connectivity index (χ0n) is 21.1. The molecule has 4 rings (SSSR count). The number of benzene rings is 2. The maximum absolute atomic E-state index is 13.9.